The Morgan fingerprint density at radius 2 is 2.06 bits per heavy atom. The summed E-state index contributed by atoms with van der Waals surface area (Å²) < 4.78 is 39.2. The van der Waals surface area contributed by atoms with Crippen molar-refractivity contribution in [3.8, 4) is 11.5 Å². The van der Waals surface area contributed by atoms with E-state index in [4.69, 9.17) is 11.6 Å². The molecule has 0 aliphatic heterocycles. The third kappa shape index (κ3) is 4.14. The summed E-state index contributed by atoms with van der Waals surface area (Å²) in [4.78, 5) is 11.3. The quantitative estimate of drug-likeness (QED) is 0.674. The normalized spacial score (nSPS) is 11.3. The highest BCUT2D eigenvalue weighted by molar-refractivity contribution is 6.19. The Morgan fingerprint density at radius 3 is 2.53 bits per heavy atom. The summed E-state index contributed by atoms with van der Waals surface area (Å²) in [7, 11) is 0. The fraction of sp³-hybridized carbons (Fsp3) is 0.300. The van der Waals surface area contributed by atoms with Gasteiger partial charge in [0, 0.05) is 17.9 Å². The number of phenols is 1. The lowest BCUT2D eigenvalue weighted by atomic mass is 10.1. The molecule has 0 unspecified atom stereocenters. The minimum atomic E-state index is -4.89. The van der Waals surface area contributed by atoms with E-state index in [1.54, 1.807) is 0 Å². The molecule has 1 N–H and O–H groups in total. The van der Waals surface area contributed by atoms with Gasteiger partial charge in [0.25, 0.3) is 0 Å². The van der Waals surface area contributed by atoms with Crippen LogP contribution in [0.5, 0.6) is 11.5 Å². The van der Waals surface area contributed by atoms with Crippen LogP contribution in [0.4, 0.5) is 13.2 Å². The van der Waals surface area contributed by atoms with Crippen LogP contribution in [0.25, 0.3) is 0 Å². The molecule has 0 bridgehead atoms. The molecular formula is C10H8ClF3O3. The molecule has 0 aliphatic carbocycles. The zero-order chi connectivity index (χ0) is 13.1. The molecule has 17 heavy (non-hydrogen) atoms. The first-order valence-corrected chi connectivity index (χ1v) is 5.05. The van der Waals surface area contributed by atoms with Crippen molar-refractivity contribution in [1.82, 2.24) is 0 Å². The summed E-state index contributed by atoms with van der Waals surface area (Å²) in [6.45, 7) is 0. The SMILES string of the molecule is O=C(CCCl)c1ccc(OC(F)(F)F)c(O)c1. The summed E-state index contributed by atoms with van der Waals surface area (Å²) in [5.41, 5.74) is 0.0812. The highest BCUT2D eigenvalue weighted by Gasteiger charge is 2.32. The highest BCUT2D eigenvalue weighted by atomic mass is 35.5. The predicted molar refractivity (Wildman–Crippen MR) is 54.5 cm³/mol. The molecule has 1 aromatic rings. The summed E-state index contributed by atoms with van der Waals surface area (Å²) in [6, 6.07) is 2.93. The first kappa shape index (κ1) is 13.6. The van der Waals surface area contributed by atoms with Crippen LogP contribution in [0.2, 0.25) is 0 Å². The Labute approximate surface area is 99.8 Å². The maximum absolute atomic E-state index is 11.9. The average Bonchev–Trinajstić information content (AvgIpc) is 2.19. The van der Waals surface area contributed by atoms with Crippen molar-refractivity contribution in [2.45, 2.75) is 12.8 Å². The lowest BCUT2D eigenvalue weighted by Gasteiger charge is -2.10. The standard InChI is InChI=1S/C10H8ClF3O3/c11-4-3-7(15)6-1-2-9(8(16)5-6)17-10(12,13)14/h1-2,5,16H,3-4H2. The minimum Gasteiger partial charge on any atom is -0.504 e. The number of hydrogen-bond donors (Lipinski definition) is 1. The number of aromatic hydroxyl groups is 1. The van der Waals surface area contributed by atoms with E-state index in [0.717, 1.165) is 18.2 Å². The zero-order valence-corrected chi connectivity index (χ0v) is 9.18. The average molecular weight is 269 g/mol. The van der Waals surface area contributed by atoms with E-state index in [9.17, 15) is 23.1 Å². The van der Waals surface area contributed by atoms with Gasteiger partial charge in [0.05, 0.1) is 0 Å². The third-order valence-corrected chi connectivity index (χ3v) is 2.02. The summed E-state index contributed by atoms with van der Waals surface area (Å²) in [5.74, 6) is -1.77. The van der Waals surface area contributed by atoms with Crippen LogP contribution in [-0.2, 0) is 0 Å². The van der Waals surface area contributed by atoms with E-state index in [0.29, 0.717) is 0 Å². The van der Waals surface area contributed by atoms with E-state index in [2.05, 4.69) is 4.74 Å². The highest BCUT2D eigenvalue weighted by Crippen LogP contribution is 2.32. The second-order valence-corrected chi connectivity index (χ2v) is 3.47. The number of benzene rings is 1. The van der Waals surface area contributed by atoms with Crippen LogP contribution in [0, 0.1) is 0 Å². The molecule has 0 saturated carbocycles. The van der Waals surface area contributed by atoms with Crippen molar-refractivity contribution in [3.63, 3.8) is 0 Å². The van der Waals surface area contributed by atoms with Crippen molar-refractivity contribution in [3.05, 3.63) is 23.8 Å². The van der Waals surface area contributed by atoms with Crippen LogP contribution in [0.1, 0.15) is 16.8 Å². The number of alkyl halides is 4. The Bertz CT molecular complexity index is 418. The van der Waals surface area contributed by atoms with Crippen molar-refractivity contribution >= 4 is 17.4 Å². The van der Waals surface area contributed by atoms with Gasteiger partial charge in [0.15, 0.2) is 17.3 Å². The predicted octanol–water partition coefficient (Wildman–Crippen LogP) is 3.10. The molecule has 7 heteroatoms. The lowest BCUT2D eigenvalue weighted by Crippen LogP contribution is -2.17. The molecule has 0 aliphatic rings. The van der Waals surface area contributed by atoms with Crippen molar-refractivity contribution in [2.75, 3.05) is 5.88 Å². The number of carbonyl (C=O) groups is 1. The van der Waals surface area contributed by atoms with Crippen molar-refractivity contribution in [1.29, 1.82) is 0 Å². The first-order chi connectivity index (χ1) is 7.83. The number of carbonyl (C=O) groups excluding carboxylic acids is 1. The monoisotopic (exact) mass is 268 g/mol. The van der Waals surface area contributed by atoms with Gasteiger partial charge in [0.1, 0.15) is 0 Å². The Balaban J connectivity index is 2.90. The third-order valence-electron chi connectivity index (χ3n) is 1.83. The molecule has 3 nitrogen and oxygen atoms in total. The van der Waals surface area contributed by atoms with Crippen LogP contribution in [0.15, 0.2) is 18.2 Å². The fourth-order valence-electron chi connectivity index (χ4n) is 1.13. The second kappa shape index (κ2) is 5.27. The number of halogens is 4. The number of phenolic OH excluding ortho intramolecular Hbond substituents is 1. The van der Waals surface area contributed by atoms with Gasteiger partial charge in [0.2, 0.25) is 0 Å². The fourth-order valence-corrected chi connectivity index (χ4v) is 1.30. The van der Waals surface area contributed by atoms with Gasteiger partial charge in [-0.05, 0) is 18.2 Å². The van der Waals surface area contributed by atoms with E-state index >= 15 is 0 Å². The Hall–Kier alpha value is -1.43. The van der Waals surface area contributed by atoms with Gasteiger partial charge < -0.3 is 9.84 Å². The number of ketones is 1. The summed E-state index contributed by atoms with van der Waals surface area (Å²) in [6.07, 6.45) is -4.85. The maximum Gasteiger partial charge on any atom is 0.573 e. The van der Waals surface area contributed by atoms with E-state index in [1.807, 2.05) is 0 Å². The van der Waals surface area contributed by atoms with Crippen LogP contribution >= 0.6 is 11.6 Å². The minimum absolute atomic E-state index is 0.0421. The molecule has 1 aromatic carbocycles. The maximum atomic E-state index is 11.9. The largest absolute Gasteiger partial charge is 0.573 e. The summed E-state index contributed by atoms with van der Waals surface area (Å²) >= 11 is 5.35. The van der Waals surface area contributed by atoms with E-state index in [1.165, 1.54) is 0 Å². The number of ether oxygens (including phenoxy) is 1. The molecule has 0 radical (unpaired) electrons. The van der Waals surface area contributed by atoms with Gasteiger partial charge in [-0.2, -0.15) is 0 Å². The smallest absolute Gasteiger partial charge is 0.504 e. The molecule has 0 spiro atoms. The van der Waals surface area contributed by atoms with Crippen LogP contribution in [0.3, 0.4) is 0 Å². The number of Topliss-reactive ketones (excluding diaryl/α,β-unsaturated/α-hetero) is 1. The van der Waals surface area contributed by atoms with Crippen molar-refractivity contribution < 1.29 is 27.8 Å². The molecule has 0 saturated heterocycles. The lowest BCUT2D eigenvalue weighted by molar-refractivity contribution is -0.275. The molecule has 0 heterocycles. The van der Waals surface area contributed by atoms with E-state index in [-0.39, 0.29) is 23.6 Å². The van der Waals surface area contributed by atoms with Gasteiger partial charge in [-0.15, -0.1) is 24.8 Å². The summed E-state index contributed by atoms with van der Waals surface area (Å²) in [5, 5.41) is 9.26. The van der Waals surface area contributed by atoms with Crippen LogP contribution < -0.4 is 4.74 Å². The molecule has 0 aromatic heterocycles. The Morgan fingerprint density at radius 1 is 1.41 bits per heavy atom. The van der Waals surface area contributed by atoms with Gasteiger partial charge in [-0.1, -0.05) is 0 Å². The van der Waals surface area contributed by atoms with Gasteiger partial charge in [-0.3, -0.25) is 4.79 Å². The molecule has 94 valence electrons. The number of hydrogen-bond acceptors (Lipinski definition) is 3. The van der Waals surface area contributed by atoms with Crippen molar-refractivity contribution in [2.24, 2.45) is 0 Å². The van der Waals surface area contributed by atoms with Gasteiger partial charge in [-0.25, -0.2) is 0 Å². The van der Waals surface area contributed by atoms with E-state index < -0.39 is 17.9 Å². The molecule has 0 atom stereocenters. The van der Waals surface area contributed by atoms with Gasteiger partial charge >= 0.3 is 6.36 Å². The topological polar surface area (TPSA) is 46.5 Å². The molecule has 0 amide bonds. The van der Waals surface area contributed by atoms with Crippen LogP contribution in [-0.4, -0.2) is 23.1 Å². The second-order valence-electron chi connectivity index (χ2n) is 3.09. The Kier molecular flexibility index (Phi) is 4.22. The zero-order valence-electron chi connectivity index (χ0n) is 8.42. The molecular weight excluding hydrogens is 261 g/mol. The molecule has 1 rings (SSSR count). The first-order valence-electron chi connectivity index (χ1n) is 4.51. The molecule has 0 fully saturated rings. The number of rotatable bonds is 4.